The third-order valence-corrected chi connectivity index (χ3v) is 12.1. The van der Waals surface area contributed by atoms with E-state index in [0.717, 1.165) is 46.1 Å². The third kappa shape index (κ3) is 7.65. The summed E-state index contributed by atoms with van der Waals surface area (Å²) in [6.07, 6.45) is 1.58. The molecule has 1 fully saturated rings. The Morgan fingerprint density at radius 1 is 1.04 bits per heavy atom. The van der Waals surface area contributed by atoms with Crippen LogP contribution in [0.15, 0.2) is 118 Å². The molecular formula is C37H36N10O5S3. The van der Waals surface area contributed by atoms with Crippen molar-refractivity contribution in [2.75, 3.05) is 29.3 Å². The number of rotatable bonds is 16. The highest BCUT2D eigenvalue weighted by molar-refractivity contribution is 8.01. The van der Waals surface area contributed by atoms with Crippen molar-refractivity contribution in [1.29, 1.82) is 0 Å². The summed E-state index contributed by atoms with van der Waals surface area (Å²) in [5, 5.41) is 33.6. The lowest BCUT2D eigenvalue weighted by Crippen LogP contribution is -2.71. The summed E-state index contributed by atoms with van der Waals surface area (Å²) in [5.41, 5.74) is 2.59. The van der Waals surface area contributed by atoms with E-state index in [2.05, 4.69) is 67.7 Å². The molecule has 15 nitrogen and oxygen atoms in total. The van der Waals surface area contributed by atoms with Crippen molar-refractivity contribution in [1.82, 2.24) is 35.5 Å². The number of unbranched alkanes of at least 4 members (excludes halogenated alkanes) is 1. The molecule has 3 aromatic carbocycles. The first-order valence-corrected chi connectivity index (χ1v) is 20.2. The number of thiazole rings is 1. The number of thioether (sulfide) groups is 2. The number of β-lactam (4-membered cyclic amide) rings is 1. The Hall–Kier alpha value is -5.72. The van der Waals surface area contributed by atoms with Crippen molar-refractivity contribution in [3.05, 3.63) is 130 Å². The number of carbonyl (C=O) groups is 3. The number of fused-ring (bicyclic) bond motifs is 1. The molecule has 7 rings (SSSR count). The third-order valence-electron chi connectivity index (χ3n) is 9.00. The summed E-state index contributed by atoms with van der Waals surface area (Å²) in [5.74, 6) is 3.72. The summed E-state index contributed by atoms with van der Waals surface area (Å²) in [6.45, 7) is 2.29. The van der Waals surface area contributed by atoms with Gasteiger partial charge in [-0.3, -0.25) is 14.5 Å². The molecule has 2 aliphatic rings. The quantitative estimate of drug-likeness (QED) is 0.0210. The predicted molar refractivity (Wildman–Crippen MR) is 211 cm³/mol. The Morgan fingerprint density at radius 3 is 2.24 bits per heavy atom. The predicted octanol–water partition coefficient (Wildman–Crippen LogP) is 4.30. The normalized spacial score (nSPS) is 17.0. The number of tetrazole rings is 1. The van der Waals surface area contributed by atoms with Gasteiger partial charge in [0.05, 0.1) is 0 Å². The molecule has 0 aliphatic carbocycles. The Balaban J connectivity index is 1.15. The lowest BCUT2D eigenvalue weighted by Gasteiger charge is -2.49. The monoisotopic (exact) mass is 796 g/mol. The SMILES string of the molecule is CCCCON=C(C(=O)N[C@@H]1C(=O)N2C(C(=O)O)=C(CSc3nnnn3N)CS[C@@H]12)c1csc(NC(c2ccccc2)(c2ccccc2)c2ccccc2)n1. The van der Waals surface area contributed by atoms with Gasteiger partial charge in [0, 0.05) is 16.9 Å². The number of carboxylic acid groups (broad SMARTS) is 1. The molecule has 2 amide bonds. The van der Waals surface area contributed by atoms with Crippen LogP contribution in [0.2, 0.25) is 0 Å². The van der Waals surface area contributed by atoms with Gasteiger partial charge in [-0.15, -0.1) is 27.9 Å². The number of amides is 2. The topological polar surface area (TPSA) is 203 Å². The first kappa shape index (κ1) is 37.6. The van der Waals surface area contributed by atoms with Gasteiger partial charge in [0.2, 0.25) is 5.16 Å². The van der Waals surface area contributed by atoms with E-state index in [4.69, 9.17) is 15.7 Å². The van der Waals surface area contributed by atoms with Crippen LogP contribution in [0.1, 0.15) is 42.1 Å². The minimum atomic E-state index is -1.25. The van der Waals surface area contributed by atoms with Crippen molar-refractivity contribution >= 4 is 63.5 Å². The maximum atomic E-state index is 14.0. The Morgan fingerprint density at radius 2 is 1.67 bits per heavy atom. The molecule has 18 heteroatoms. The van der Waals surface area contributed by atoms with E-state index < -0.39 is 34.7 Å². The van der Waals surface area contributed by atoms with Crippen LogP contribution in [0, 0.1) is 0 Å². The van der Waals surface area contributed by atoms with Gasteiger partial charge in [0.15, 0.2) is 10.8 Å². The number of hydrogen-bond donors (Lipinski definition) is 4. The summed E-state index contributed by atoms with van der Waals surface area (Å²) >= 11 is 3.80. The van der Waals surface area contributed by atoms with E-state index in [-0.39, 0.29) is 29.5 Å². The van der Waals surface area contributed by atoms with Gasteiger partial charge in [-0.25, -0.2) is 9.78 Å². The van der Waals surface area contributed by atoms with Crippen molar-refractivity contribution in [2.45, 2.75) is 41.9 Å². The van der Waals surface area contributed by atoms with Gasteiger partial charge in [-0.2, -0.15) is 0 Å². The fourth-order valence-corrected chi connectivity index (χ4v) is 9.37. The molecule has 2 aliphatic heterocycles. The summed E-state index contributed by atoms with van der Waals surface area (Å²) in [4.78, 5) is 52.6. The highest BCUT2D eigenvalue weighted by Crippen LogP contribution is 2.42. The number of carboxylic acids is 1. The van der Waals surface area contributed by atoms with Gasteiger partial charge in [-0.05, 0) is 39.1 Å². The molecule has 0 saturated carbocycles. The molecule has 1 saturated heterocycles. The van der Waals surface area contributed by atoms with Crippen LogP contribution in [-0.4, -0.2) is 88.3 Å². The average molecular weight is 797 g/mol. The summed E-state index contributed by atoms with van der Waals surface area (Å²) < 4.78 is 0. The lowest BCUT2D eigenvalue weighted by atomic mass is 9.77. The van der Waals surface area contributed by atoms with Gasteiger partial charge in [0.25, 0.3) is 11.8 Å². The van der Waals surface area contributed by atoms with Crippen LogP contribution >= 0.6 is 34.9 Å². The Labute approximate surface area is 328 Å². The molecule has 5 N–H and O–H groups in total. The van der Waals surface area contributed by atoms with E-state index in [9.17, 15) is 19.5 Å². The molecule has 55 heavy (non-hydrogen) atoms. The van der Waals surface area contributed by atoms with Crippen LogP contribution in [0.5, 0.6) is 0 Å². The second-order valence-electron chi connectivity index (χ2n) is 12.5. The number of hydrogen-bond acceptors (Lipinski definition) is 14. The lowest BCUT2D eigenvalue weighted by molar-refractivity contribution is -0.150. The Kier molecular flexibility index (Phi) is 11.4. The number of nitrogens with one attached hydrogen (secondary N) is 2. The minimum Gasteiger partial charge on any atom is -0.477 e. The second-order valence-corrected chi connectivity index (χ2v) is 15.4. The minimum absolute atomic E-state index is 0.109. The van der Waals surface area contributed by atoms with Crippen LogP contribution in [0.4, 0.5) is 5.13 Å². The van der Waals surface area contributed by atoms with Crippen LogP contribution in [0.3, 0.4) is 0 Å². The van der Waals surface area contributed by atoms with E-state index in [1.54, 1.807) is 5.38 Å². The van der Waals surface area contributed by atoms with Gasteiger partial charge in [-0.1, -0.05) is 126 Å². The van der Waals surface area contributed by atoms with Crippen molar-refractivity contribution in [3.8, 4) is 0 Å². The van der Waals surface area contributed by atoms with E-state index in [1.807, 2.05) is 61.5 Å². The fourth-order valence-electron chi connectivity index (χ4n) is 6.34. The highest BCUT2D eigenvalue weighted by Gasteiger charge is 2.54. The standard InChI is InChI=1S/C37H36N10O5S3/c1-2-3-19-52-43-28(31(48)40-29-32(49)46-30(34(50)51)23(20-53-33(29)46)21-55-36-42-44-45-47(36)38)27-22-54-35(39-27)41-37(24-13-7-4-8-14-24,25-15-9-5-10-16-25)26-17-11-6-12-18-26/h4-18,22,29,33H,2-3,19-21,38H2,1H3,(H,39,41)(H,40,48)(H,50,51)/t29-,33+/m1/s1. The number of carbonyl (C=O) groups excluding carboxylic acids is 2. The zero-order valence-electron chi connectivity index (χ0n) is 29.4. The molecule has 0 unspecified atom stereocenters. The van der Waals surface area contributed by atoms with Crippen molar-refractivity contribution in [3.63, 3.8) is 0 Å². The van der Waals surface area contributed by atoms with Crippen LogP contribution in [-0.2, 0) is 24.8 Å². The van der Waals surface area contributed by atoms with Crippen molar-refractivity contribution in [2.24, 2.45) is 5.16 Å². The van der Waals surface area contributed by atoms with Crippen LogP contribution < -0.4 is 16.5 Å². The molecule has 2 aromatic heterocycles. The number of nitrogens with zero attached hydrogens (tertiary/aromatic N) is 7. The Bertz CT molecular complexity index is 2120. The highest BCUT2D eigenvalue weighted by atomic mass is 32.2. The van der Waals surface area contributed by atoms with Gasteiger partial charge >= 0.3 is 5.97 Å². The molecule has 282 valence electrons. The zero-order valence-corrected chi connectivity index (χ0v) is 31.9. The molecule has 5 aromatic rings. The van der Waals surface area contributed by atoms with Crippen molar-refractivity contribution < 1.29 is 24.3 Å². The molecular weight excluding hydrogens is 761 g/mol. The number of nitrogens with two attached hydrogens (primary N) is 1. The van der Waals surface area contributed by atoms with E-state index >= 15 is 0 Å². The largest absolute Gasteiger partial charge is 0.477 e. The second kappa shape index (κ2) is 16.7. The number of benzene rings is 3. The number of aromatic nitrogens is 5. The zero-order chi connectivity index (χ0) is 38.4. The maximum Gasteiger partial charge on any atom is 0.352 e. The number of nitrogen functional groups attached to an aromatic ring is 1. The smallest absolute Gasteiger partial charge is 0.352 e. The number of oxime groups is 1. The molecule has 2 atom stereocenters. The van der Waals surface area contributed by atoms with Gasteiger partial charge < -0.3 is 26.4 Å². The molecule has 0 bridgehead atoms. The number of anilines is 1. The number of aliphatic carboxylic acids is 1. The average Bonchev–Trinajstić information content (AvgIpc) is 3.86. The summed E-state index contributed by atoms with van der Waals surface area (Å²) in [6, 6.07) is 29.2. The first-order valence-electron chi connectivity index (χ1n) is 17.3. The summed E-state index contributed by atoms with van der Waals surface area (Å²) in [7, 11) is 0. The molecule has 0 radical (unpaired) electrons. The first-order chi connectivity index (χ1) is 26.8. The molecule has 0 spiro atoms. The van der Waals surface area contributed by atoms with E-state index in [0.29, 0.717) is 21.6 Å². The van der Waals surface area contributed by atoms with E-state index in [1.165, 1.54) is 28.0 Å². The maximum absolute atomic E-state index is 14.0. The van der Waals surface area contributed by atoms with Gasteiger partial charge in [0.1, 0.15) is 35.0 Å². The van der Waals surface area contributed by atoms with Crippen LogP contribution in [0.25, 0.3) is 0 Å². The fraction of sp³-hybridized carbons (Fsp3) is 0.243. The molecule has 4 heterocycles.